The molecule has 2 nitrogen and oxygen atoms in total. The Morgan fingerprint density at radius 1 is 1.44 bits per heavy atom. The second kappa shape index (κ2) is 5.25. The van der Waals surface area contributed by atoms with Gasteiger partial charge in [-0.1, -0.05) is 12.1 Å². The maximum Gasteiger partial charge on any atom is 0.142 e. The zero-order chi connectivity index (χ0) is 12.3. The quantitative estimate of drug-likeness (QED) is 0.926. The van der Waals surface area contributed by atoms with Gasteiger partial charge in [0.15, 0.2) is 0 Å². The van der Waals surface area contributed by atoms with Crippen molar-refractivity contribution in [1.29, 1.82) is 0 Å². The number of ether oxygens (including phenoxy) is 1. The summed E-state index contributed by atoms with van der Waals surface area (Å²) in [6, 6.07) is 4.64. The highest BCUT2D eigenvalue weighted by Crippen LogP contribution is 2.23. The SMILES string of the molecule is CC(C)(C)OCC(N)c1cccc(Br)c1F. The fourth-order valence-corrected chi connectivity index (χ4v) is 1.62. The van der Waals surface area contributed by atoms with Crippen LogP contribution in [0.15, 0.2) is 22.7 Å². The third-order valence-corrected chi connectivity index (χ3v) is 2.69. The van der Waals surface area contributed by atoms with Crippen molar-refractivity contribution in [2.24, 2.45) is 5.73 Å². The Hall–Kier alpha value is -0.450. The van der Waals surface area contributed by atoms with Gasteiger partial charge in [0, 0.05) is 5.56 Å². The molecule has 1 unspecified atom stereocenters. The van der Waals surface area contributed by atoms with Gasteiger partial charge < -0.3 is 10.5 Å². The molecule has 1 aromatic carbocycles. The molecule has 16 heavy (non-hydrogen) atoms. The summed E-state index contributed by atoms with van der Waals surface area (Å²) < 4.78 is 19.7. The number of nitrogens with two attached hydrogens (primary N) is 1. The molecule has 0 spiro atoms. The second-order valence-corrected chi connectivity index (χ2v) is 5.53. The minimum atomic E-state index is -0.447. The van der Waals surface area contributed by atoms with E-state index in [9.17, 15) is 4.39 Å². The Morgan fingerprint density at radius 3 is 2.62 bits per heavy atom. The zero-order valence-electron chi connectivity index (χ0n) is 9.76. The summed E-state index contributed by atoms with van der Waals surface area (Å²) in [5.41, 5.74) is 6.09. The predicted octanol–water partition coefficient (Wildman–Crippen LogP) is 3.40. The van der Waals surface area contributed by atoms with Crippen molar-refractivity contribution in [1.82, 2.24) is 0 Å². The van der Waals surface area contributed by atoms with Gasteiger partial charge in [-0.15, -0.1) is 0 Å². The second-order valence-electron chi connectivity index (χ2n) is 4.67. The van der Waals surface area contributed by atoms with Crippen LogP contribution in [0.3, 0.4) is 0 Å². The molecule has 0 fully saturated rings. The van der Waals surface area contributed by atoms with Crippen LogP contribution in [0, 0.1) is 5.82 Å². The van der Waals surface area contributed by atoms with Crippen LogP contribution in [0.4, 0.5) is 4.39 Å². The molecule has 2 N–H and O–H groups in total. The van der Waals surface area contributed by atoms with E-state index in [0.29, 0.717) is 16.6 Å². The minimum absolute atomic E-state index is 0.264. The van der Waals surface area contributed by atoms with Gasteiger partial charge >= 0.3 is 0 Å². The van der Waals surface area contributed by atoms with Crippen LogP contribution in [0.25, 0.3) is 0 Å². The fourth-order valence-electron chi connectivity index (χ4n) is 1.24. The summed E-state index contributed by atoms with van der Waals surface area (Å²) in [7, 11) is 0. The Morgan fingerprint density at radius 2 is 2.06 bits per heavy atom. The summed E-state index contributed by atoms with van der Waals surface area (Å²) in [4.78, 5) is 0. The van der Waals surface area contributed by atoms with Crippen LogP contribution in [-0.4, -0.2) is 12.2 Å². The molecule has 4 heteroatoms. The Labute approximate surface area is 104 Å². The predicted molar refractivity (Wildman–Crippen MR) is 66.7 cm³/mol. The normalized spacial score (nSPS) is 13.9. The third kappa shape index (κ3) is 3.85. The molecule has 0 bridgehead atoms. The molecule has 1 atom stereocenters. The van der Waals surface area contributed by atoms with Crippen molar-refractivity contribution < 1.29 is 9.13 Å². The molecule has 0 aliphatic heterocycles. The summed E-state index contributed by atoms with van der Waals surface area (Å²) in [5, 5.41) is 0. The largest absolute Gasteiger partial charge is 0.374 e. The van der Waals surface area contributed by atoms with Gasteiger partial charge in [0.05, 0.1) is 22.7 Å². The lowest BCUT2D eigenvalue weighted by molar-refractivity contribution is -0.0106. The fraction of sp³-hybridized carbons (Fsp3) is 0.500. The number of benzene rings is 1. The van der Waals surface area contributed by atoms with Gasteiger partial charge in [0.1, 0.15) is 5.82 Å². The number of halogens is 2. The van der Waals surface area contributed by atoms with Crippen LogP contribution in [0.1, 0.15) is 32.4 Å². The van der Waals surface area contributed by atoms with Crippen LogP contribution in [-0.2, 0) is 4.74 Å². The van der Waals surface area contributed by atoms with Gasteiger partial charge in [-0.05, 0) is 42.8 Å². The molecule has 90 valence electrons. The standard InChI is InChI=1S/C12H17BrFNO/c1-12(2,3)16-7-10(15)8-5-4-6-9(13)11(8)14/h4-6,10H,7,15H2,1-3H3. The molecule has 1 aromatic rings. The smallest absolute Gasteiger partial charge is 0.142 e. The molecule has 0 amide bonds. The number of hydrogen-bond donors (Lipinski definition) is 1. The van der Waals surface area contributed by atoms with E-state index in [1.54, 1.807) is 18.2 Å². The highest BCUT2D eigenvalue weighted by Gasteiger charge is 2.17. The maximum absolute atomic E-state index is 13.7. The lowest BCUT2D eigenvalue weighted by atomic mass is 10.1. The van der Waals surface area contributed by atoms with Crippen LogP contribution < -0.4 is 5.73 Å². The summed E-state index contributed by atoms with van der Waals surface area (Å²) in [5.74, 6) is -0.312. The van der Waals surface area contributed by atoms with E-state index in [1.807, 2.05) is 20.8 Å². The molecular weight excluding hydrogens is 273 g/mol. The molecule has 0 saturated heterocycles. The first kappa shape index (κ1) is 13.6. The summed E-state index contributed by atoms with van der Waals surface area (Å²) in [6.07, 6.45) is 0. The lowest BCUT2D eigenvalue weighted by Gasteiger charge is -2.23. The van der Waals surface area contributed by atoms with Gasteiger partial charge in [0.25, 0.3) is 0 Å². The van der Waals surface area contributed by atoms with Crippen LogP contribution in [0.5, 0.6) is 0 Å². The van der Waals surface area contributed by atoms with E-state index in [0.717, 1.165) is 0 Å². The van der Waals surface area contributed by atoms with E-state index >= 15 is 0 Å². The average Bonchev–Trinajstić information content (AvgIpc) is 2.17. The van der Waals surface area contributed by atoms with Gasteiger partial charge in [-0.25, -0.2) is 4.39 Å². The van der Waals surface area contributed by atoms with Crippen molar-refractivity contribution >= 4 is 15.9 Å². The van der Waals surface area contributed by atoms with Crippen molar-refractivity contribution in [3.8, 4) is 0 Å². The van der Waals surface area contributed by atoms with Gasteiger partial charge in [0.2, 0.25) is 0 Å². The first-order valence-corrected chi connectivity index (χ1v) is 5.94. The number of hydrogen-bond acceptors (Lipinski definition) is 2. The van der Waals surface area contributed by atoms with Crippen LogP contribution >= 0.6 is 15.9 Å². The van der Waals surface area contributed by atoms with Gasteiger partial charge in [-0.2, -0.15) is 0 Å². The van der Waals surface area contributed by atoms with E-state index in [4.69, 9.17) is 10.5 Å². The highest BCUT2D eigenvalue weighted by molar-refractivity contribution is 9.10. The van der Waals surface area contributed by atoms with E-state index in [1.165, 1.54) is 0 Å². The highest BCUT2D eigenvalue weighted by atomic mass is 79.9. The molecule has 0 radical (unpaired) electrons. The summed E-state index contributed by atoms with van der Waals surface area (Å²) in [6.45, 7) is 6.13. The average molecular weight is 290 g/mol. The zero-order valence-corrected chi connectivity index (χ0v) is 11.3. The van der Waals surface area contributed by atoms with Crippen molar-refractivity contribution in [2.45, 2.75) is 32.4 Å². The molecule has 0 aliphatic carbocycles. The lowest BCUT2D eigenvalue weighted by Crippen LogP contribution is -2.26. The minimum Gasteiger partial charge on any atom is -0.374 e. The Kier molecular flexibility index (Phi) is 4.47. The Balaban J connectivity index is 2.73. The first-order valence-electron chi connectivity index (χ1n) is 5.15. The molecule has 1 rings (SSSR count). The number of rotatable bonds is 3. The molecule has 0 saturated carbocycles. The molecular formula is C12H17BrFNO. The van der Waals surface area contributed by atoms with Crippen molar-refractivity contribution in [2.75, 3.05) is 6.61 Å². The van der Waals surface area contributed by atoms with E-state index in [2.05, 4.69) is 15.9 Å². The van der Waals surface area contributed by atoms with Crippen molar-refractivity contribution in [3.05, 3.63) is 34.1 Å². The third-order valence-electron chi connectivity index (χ3n) is 2.08. The van der Waals surface area contributed by atoms with Gasteiger partial charge in [-0.3, -0.25) is 0 Å². The maximum atomic E-state index is 13.7. The molecule has 0 heterocycles. The van der Waals surface area contributed by atoms with E-state index in [-0.39, 0.29) is 11.4 Å². The van der Waals surface area contributed by atoms with Crippen LogP contribution in [0.2, 0.25) is 0 Å². The Bertz CT molecular complexity index is 363. The molecule has 0 aromatic heterocycles. The summed E-state index contributed by atoms with van der Waals surface area (Å²) >= 11 is 3.13. The topological polar surface area (TPSA) is 35.2 Å². The molecule has 0 aliphatic rings. The van der Waals surface area contributed by atoms with Crippen molar-refractivity contribution in [3.63, 3.8) is 0 Å². The first-order chi connectivity index (χ1) is 7.31. The monoisotopic (exact) mass is 289 g/mol. The van der Waals surface area contributed by atoms with E-state index < -0.39 is 6.04 Å².